The zero-order chi connectivity index (χ0) is 18.5. The molecule has 2 saturated heterocycles. The van der Waals surface area contributed by atoms with Gasteiger partial charge in [-0.1, -0.05) is 0 Å². The summed E-state index contributed by atoms with van der Waals surface area (Å²) >= 11 is 0. The van der Waals surface area contributed by atoms with Crippen molar-refractivity contribution in [3.63, 3.8) is 0 Å². The Hall–Kier alpha value is -2.64. The van der Waals surface area contributed by atoms with Crippen molar-refractivity contribution < 1.29 is 0 Å². The lowest BCUT2D eigenvalue weighted by atomic mass is 10.1. The van der Waals surface area contributed by atoms with E-state index in [0.29, 0.717) is 6.04 Å². The van der Waals surface area contributed by atoms with Gasteiger partial charge in [0.25, 0.3) is 0 Å². The average molecular weight is 368 g/mol. The van der Waals surface area contributed by atoms with Gasteiger partial charge in [-0.2, -0.15) is 0 Å². The number of nitrogens with one attached hydrogen (secondary N) is 2. The molecule has 2 aromatic rings. The number of piperidine rings is 1. The van der Waals surface area contributed by atoms with Crippen LogP contribution in [0.4, 0.5) is 23.3 Å². The fourth-order valence-corrected chi connectivity index (χ4v) is 3.95. The number of hydrogen-bond donors (Lipinski definition) is 2. The van der Waals surface area contributed by atoms with Crippen molar-refractivity contribution in [3.8, 4) is 0 Å². The van der Waals surface area contributed by atoms with Crippen LogP contribution >= 0.6 is 0 Å². The summed E-state index contributed by atoms with van der Waals surface area (Å²) in [6, 6.07) is 4.49. The Balaban J connectivity index is 1.40. The Morgan fingerprint density at radius 3 is 2.44 bits per heavy atom. The van der Waals surface area contributed by atoms with E-state index in [9.17, 15) is 0 Å². The minimum atomic E-state index is 0.401. The van der Waals surface area contributed by atoms with E-state index in [1.165, 1.54) is 25.7 Å². The maximum Gasteiger partial charge on any atom is 0.134 e. The van der Waals surface area contributed by atoms with Crippen LogP contribution in [0.5, 0.6) is 0 Å². The van der Waals surface area contributed by atoms with Gasteiger partial charge in [-0.3, -0.25) is 0 Å². The van der Waals surface area contributed by atoms with Crippen molar-refractivity contribution in [3.05, 3.63) is 24.8 Å². The fourth-order valence-electron chi connectivity index (χ4n) is 3.95. The molecule has 0 radical (unpaired) electrons. The SMILES string of the molecule is CNc1cc(N2CCCC2CNc2cc(N3CCCCC3)ncn2)ncn1. The van der Waals surface area contributed by atoms with Crippen molar-refractivity contribution in [1.82, 2.24) is 19.9 Å². The van der Waals surface area contributed by atoms with Crippen LogP contribution in [0.3, 0.4) is 0 Å². The topological polar surface area (TPSA) is 82.1 Å². The largest absolute Gasteiger partial charge is 0.373 e. The smallest absolute Gasteiger partial charge is 0.134 e. The monoisotopic (exact) mass is 368 g/mol. The van der Waals surface area contributed by atoms with E-state index in [0.717, 1.165) is 55.9 Å². The molecule has 2 aliphatic rings. The van der Waals surface area contributed by atoms with Gasteiger partial charge in [-0.25, -0.2) is 19.9 Å². The molecule has 144 valence electrons. The highest BCUT2D eigenvalue weighted by Gasteiger charge is 2.26. The van der Waals surface area contributed by atoms with E-state index in [4.69, 9.17) is 0 Å². The molecular weight excluding hydrogens is 340 g/mol. The number of rotatable bonds is 6. The fraction of sp³-hybridized carbons (Fsp3) is 0.579. The average Bonchev–Trinajstić information content (AvgIpc) is 3.22. The van der Waals surface area contributed by atoms with E-state index in [2.05, 4.69) is 46.4 Å². The summed E-state index contributed by atoms with van der Waals surface area (Å²) in [5, 5.41) is 6.60. The summed E-state index contributed by atoms with van der Waals surface area (Å²) in [5.41, 5.74) is 0. The maximum atomic E-state index is 4.46. The van der Waals surface area contributed by atoms with E-state index >= 15 is 0 Å². The first-order valence-electron chi connectivity index (χ1n) is 9.91. The molecule has 27 heavy (non-hydrogen) atoms. The van der Waals surface area contributed by atoms with Crippen LogP contribution in [-0.2, 0) is 0 Å². The van der Waals surface area contributed by atoms with Gasteiger partial charge < -0.3 is 20.4 Å². The molecule has 8 heteroatoms. The van der Waals surface area contributed by atoms with Gasteiger partial charge in [-0.05, 0) is 32.1 Å². The minimum Gasteiger partial charge on any atom is -0.373 e. The second-order valence-corrected chi connectivity index (χ2v) is 7.19. The van der Waals surface area contributed by atoms with Gasteiger partial charge in [0.15, 0.2) is 0 Å². The highest BCUT2D eigenvalue weighted by molar-refractivity contribution is 5.51. The molecule has 0 bridgehead atoms. The summed E-state index contributed by atoms with van der Waals surface area (Å²) in [6.07, 6.45) is 9.43. The van der Waals surface area contributed by atoms with Crippen molar-refractivity contribution in [2.45, 2.75) is 38.1 Å². The van der Waals surface area contributed by atoms with Crippen LogP contribution in [0.1, 0.15) is 32.1 Å². The summed E-state index contributed by atoms with van der Waals surface area (Å²) < 4.78 is 0. The molecule has 8 nitrogen and oxygen atoms in total. The minimum absolute atomic E-state index is 0.401. The summed E-state index contributed by atoms with van der Waals surface area (Å²) in [5.74, 6) is 3.76. The van der Waals surface area contributed by atoms with Crippen LogP contribution in [0.25, 0.3) is 0 Å². The molecule has 2 N–H and O–H groups in total. The summed E-state index contributed by atoms with van der Waals surface area (Å²) in [6.45, 7) is 4.05. The quantitative estimate of drug-likeness (QED) is 0.804. The molecule has 4 rings (SSSR count). The highest BCUT2D eigenvalue weighted by Crippen LogP contribution is 2.25. The number of nitrogens with zero attached hydrogens (tertiary/aromatic N) is 6. The first kappa shape index (κ1) is 17.8. The Bertz CT molecular complexity index is 746. The molecule has 1 atom stereocenters. The van der Waals surface area contributed by atoms with Crippen LogP contribution in [0.2, 0.25) is 0 Å². The molecular formula is C19H28N8. The Morgan fingerprint density at radius 2 is 1.63 bits per heavy atom. The van der Waals surface area contributed by atoms with Crippen molar-refractivity contribution >= 4 is 23.3 Å². The van der Waals surface area contributed by atoms with Crippen LogP contribution in [-0.4, -0.2) is 59.2 Å². The van der Waals surface area contributed by atoms with Gasteiger partial charge >= 0.3 is 0 Å². The van der Waals surface area contributed by atoms with Crippen LogP contribution in [0.15, 0.2) is 24.8 Å². The van der Waals surface area contributed by atoms with Gasteiger partial charge in [0.05, 0.1) is 0 Å². The molecule has 2 fully saturated rings. The van der Waals surface area contributed by atoms with E-state index in [1.807, 2.05) is 13.1 Å². The zero-order valence-corrected chi connectivity index (χ0v) is 15.9. The second-order valence-electron chi connectivity index (χ2n) is 7.19. The van der Waals surface area contributed by atoms with Crippen LogP contribution < -0.4 is 20.4 Å². The van der Waals surface area contributed by atoms with Crippen molar-refractivity contribution in [1.29, 1.82) is 0 Å². The summed E-state index contributed by atoms with van der Waals surface area (Å²) in [7, 11) is 1.88. The maximum absolute atomic E-state index is 4.46. The molecule has 1 unspecified atom stereocenters. The number of aromatic nitrogens is 4. The molecule has 0 spiro atoms. The van der Waals surface area contributed by atoms with E-state index in [1.54, 1.807) is 12.7 Å². The standard InChI is InChI=1S/C19H28N8/c1-20-16-10-19(25-13-22-16)27-9-5-6-15(27)12-21-17-11-18(24-14-23-17)26-7-3-2-4-8-26/h10-11,13-15H,2-9,12H2,1H3,(H,20,22,25)(H,21,23,24). The molecule has 2 aliphatic heterocycles. The van der Waals surface area contributed by atoms with Gasteiger partial charge in [0.1, 0.15) is 35.9 Å². The normalized spacial score (nSPS) is 20.0. The van der Waals surface area contributed by atoms with Crippen molar-refractivity contribution in [2.24, 2.45) is 0 Å². The lowest BCUT2D eigenvalue weighted by Crippen LogP contribution is -2.35. The lowest BCUT2D eigenvalue weighted by Gasteiger charge is -2.28. The first-order chi connectivity index (χ1) is 13.3. The second kappa shape index (κ2) is 8.37. The lowest BCUT2D eigenvalue weighted by molar-refractivity contribution is 0.573. The molecule has 0 aliphatic carbocycles. The molecule has 2 aromatic heterocycles. The third kappa shape index (κ3) is 4.20. The van der Waals surface area contributed by atoms with Gasteiger partial charge in [-0.15, -0.1) is 0 Å². The molecule has 0 aromatic carbocycles. The van der Waals surface area contributed by atoms with E-state index in [-0.39, 0.29) is 0 Å². The Morgan fingerprint density at radius 1 is 0.889 bits per heavy atom. The molecule has 0 saturated carbocycles. The predicted molar refractivity (Wildman–Crippen MR) is 109 cm³/mol. The van der Waals surface area contributed by atoms with E-state index < -0.39 is 0 Å². The predicted octanol–water partition coefficient (Wildman–Crippen LogP) is 2.38. The Kier molecular flexibility index (Phi) is 5.50. The number of hydrogen-bond acceptors (Lipinski definition) is 8. The third-order valence-electron chi connectivity index (χ3n) is 5.43. The van der Waals surface area contributed by atoms with Gasteiger partial charge in [0.2, 0.25) is 0 Å². The zero-order valence-electron chi connectivity index (χ0n) is 15.9. The van der Waals surface area contributed by atoms with Gasteiger partial charge in [0, 0.05) is 51.4 Å². The van der Waals surface area contributed by atoms with Crippen molar-refractivity contribution in [2.75, 3.05) is 53.7 Å². The highest BCUT2D eigenvalue weighted by atomic mass is 15.3. The molecule has 4 heterocycles. The first-order valence-corrected chi connectivity index (χ1v) is 9.91. The number of anilines is 4. The summed E-state index contributed by atoms with van der Waals surface area (Å²) in [4.78, 5) is 22.3. The van der Waals surface area contributed by atoms with Crippen LogP contribution in [0, 0.1) is 0 Å². The third-order valence-corrected chi connectivity index (χ3v) is 5.43. The molecule has 0 amide bonds. The Labute approximate surface area is 160 Å².